The second-order valence-corrected chi connectivity index (χ2v) is 7.78. The lowest BCUT2D eigenvalue weighted by atomic mass is 10.2. The quantitative estimate of drug-likeness (QED) is 0.328. The molecule has 0 N–H and O–H groups in total. The number of nitro benzene ring substituents is 1. The van der Waals surface area contributed by atoms with Crippen LogP contribution in [0.15, 0.2) is 65.6 Å². The van der Waals surface area contributed by atoms with Crippen LogP contribution in [-0.2, 0) is 4.79 Å². The minimum atomic E-state index is -0.432. The predicted octanol–water partition coefficient (Wildman–Crippen LogP) is 5.24. The lowest BCUT2D eigenvalue weighted by Gasteiger charge is -2.11. The molecule has 0 saturated carbocycles. The molecule has 0 radical (unpaired) electrons. The van der Waals surface area contributed by atoms with E-state index in [1.54, 1.807) is 42.5 Å². The number of aryl methyl sites for hydroxylation is 1. The molecule has 0 aliphatic carbocycles. The van der Waals surface area contributed by atoms with Crippen LogP contribution in [0.5, 0.6) is 0 Å². The largest absolute Gasteiger partial charge is 0.318 e. The van der Waals surface area contributed by atoms with E-state index in [9.17, 15) is 19.7 Å². The van der Waals surface area contributed by atoms with E-state index < -0.39 is 4.92 Å². The maximum absolute atomic E-state index is 12.8. The van der Waals surface area contributed by atoms with Crippen molar-refractivity contribution in [1.82, 2.24) is 4.57 Å². The van der Waals surface area contributed by atoms with Crippen LogP contribution in [-0.4, -0.2) is 20.6 Å². The first-order chi connectivity index (χ1) is 14.4. The van der Waals surface area contributed by atoms with Gasteiger partial charge >= 0.3 is 0 Å². The number of carbonyl (C=O) groups is 2. The van der Waals surface area contributed by atoms with Crippen molar-refractivity contribution < 1.29 is 14.5 Å². The van der Waals surface area contributed by atoms with Crippen molar-refractivity contribution in [3.8, 4) is 5.69 Å². The van der Waals surface area contributed by atoms with Crippen LogP contribution < -0.4 is 4.90 Å². The number of anilines is 1. The first-order valence-corrected chi connectivity index (χ1v) is 9.95. The van der Waals surface area contributed by atoms with Gasteiger partial charge in [0.15, 0.2) is 0 Å². The molecule has 1 fully saturated rings. The molecule has 1 saturated heterocycles. The maximum Gasteiger partial charge on any atom is 0.298 e. The number of thioether (sulfide) groups is 1. The predicted molar refractivity (Wildman–Crippen MR) is 117 cm³/mol. The van der Waals surface area contributed by atoms with Crippen LogP contribution in [0.3, 0.4) is 0 Å². The molecule has 0 spiro atoms. The molecule has 2 amide bonds. The number of carbonyl (C=O) groups excluding carboxylic acids is 2. The minimum absolute atomic E-state index is 0.00512. The summed E-state index contributed by atoms with van der Waals surface area (Å²) >= 11 is 0.897. The van der Waals surface area contributed by atoms with Gasteiger partial charge in [0.05, 0.1) is 21.2 Å². The van der Waals surface area contributed by atoms with E-state index >= 15 is 0 Å². The van der Waals surface area contributed by atoms with E-state index in [-0.39, 0.29) is 16.8 Å². The molecule has 150 valence electrons. The van der Waals surface area contributed by atoms with Gasteiger partial charge in [-0.15, -0.1) is 0 Å². The van der Waals surface area contributed by atoms with Crippen LogP contribution in [0.4, 0.5) is 16.2 Å². The van der Waals surface area contributed by atoms with Crippen molar-refractivity contribution in [3.05, 3.63) is 92.6 Å². The zero-order chi connectivity index (χ0) is 21.4. The molecular weight excluding hydrogens is 402 g/mol. The Bertz CT molecular complexity index is 1210. The Morgan fingerprint density at radius 1 is 0.967 bits per heavy atom. The molecule has 0 unspecified atom stereocenters. The van der Waals surface area contributed by atoms with Gasteiger partial charge in [0.25, 0.3) is 16.8 Å². The summed E-state index contributed by atoms with van der Waals surface area (Å²) in [6, 6.07) is 17.1. The lowest BCUT2D eigenvalue weighted by Crippen LogP contribution is -2.27. The SMILES string of the molecule is Cc1cc(C=C2SC(=O)N(c3ccccc3)C2=O)c(C)n1-c1cccc([N+](=O)[O-])c1. The van der Waals surface area contributed by atoms with Crippen molar-refractivity contribution in [3.63, 3.8) is 0 Å². The Morgan fingerprint density at radius 3 is 2.37 bits per heavy atom. The summed E-state index contributed by atoms with van der Waals surface area (Å²) in [5.41, 5.74) is 3.66. The van der Waals surface area contributed by atoms with Crippen molar-refractivity contribution >= 4 is 40.4 Å². The Balaban J connectivity index is 1.71. The van der Waals surface area contributed by atoms with Gasteiger partial charge in [-0.05, 0) is 61.5 Å². The Labute approximate surface area is 176 Å². The first-order valence-electron chi connectivity index (χ1n) is 9.13. The summed E-state index contributed by atoms with van der Waals surface area (Å²) in [6.07, 6.45) is 1.70. The Morgan fingerprint density at radius 2 is 1.67 bits per heavy atom. The van der Waals surface area contributed by atoms with Crippen molar-refractivity contribution in [2.45, 2.75) is 13.8 Å². The number of hydrogen-bond donors (Lipinski definition) is 0. The number of para-hydroxylation sites is 1. The van der Waals surface area contributed by atoms with Gasteiger partial charge in [-0.1, -0.05) is 24.3 Å². The van der Waals surface area contributed by atoms with E-state index in [0.717, 1.165) is 33.6 Å². The van der Waals surface area contributed by atoms with E-state index in [1.807, 2.05) is 30.5 Å². The van der Waals surface area contributed by atoms with Crippen molar-refractivity contribution in [2.24, 2.45) is 0 Å². The summed E-state index contributed by atoms with van der Waals surface area (Å²) in [7, 11) is 0. The lowest BCUT2D eigenvalue weighted by molar-refractivity contribution is -0.384. The van der Waals surface area contributed by atoms with Gasteiger partial charge in [-0.25, -0.2) is 4.90 Å². The first kappa shape index (κ1) is 19.7. The third kappa shape index (κ3) is 3.42. The Kier molecular flexibility index (Phi) is 5.01. The highest BCUT2D eigenvalue weighted by Gasteiger charge is 2.36. The van der Waals surface area contributed by atoms with Crippen LogP contribution in [0.1, 0.15) is 17.0 Å². The smallest absolute Gasteiger partial charge is 0.298 e. The van der Waals surface area contributed by atoms with E-state index in [2.05, 4.69) is 0 Å². The van der Waals surface area contributed by atoms with Crippen molar-refractivity contribution in [2.75, 3.05) is 4.90 Å². The Hall–Kier alpha value is -3.65. The molecule has 7 nitrogen and oxygen atoms in total. The molecule has 1 aliphatic rings. The topological polar surface area (TPSA) is 85.5 Å². The summed E-state index contributed by atoms with van der Waals surface area (Å²) < 4.78 is 1.89. The van der Waals surface area contributed by atoms with Gasteiger partial charge in [-0.2, -0.15) is 0 Å². The zero-order valence-electron chi connectivity index (χ0n) is 16.2. The average molecular weight is 419 g/mol. The number of rotatable bonds is 4. The summed E-state index contributed by atoms with van der Waals surface area (Å²) in [5.74, 6) is -0.364. The fourth-order valence-electron chi connectivity index (χ4n) is 3.49. The second-order valence-electron chi connectivity index (χ2n) is 6.79. The molecule has 8 heteroatoms. The average Bonchev–Trinajstić information content (AvgIpc) is 3.17. The third-order valence-corrected chi connectivity index (χ3v) is 5.73. The number of benzene rings is 2. The van der Waals surface area contributed by atoms with Crippen LogP contribution >= 0.6 is 11.8 Å². The van der Waals surface area contributed by atoms with E-state index in [0.29, 0.717) is 16.3 Å². The highest BCUT2D eigenvalue weighted by molar-refractivity contribution is 8.19. The fourth-order valence-corrected chi connectivity index (χ4v) is 4.32. The second kappa shape index (κ2) is 7.64. The molecule has 1 aliphatic heterocycles. The van der Waals surface area contributed by atoms with Gasteiger partial charge in [-0.3, -0.25) is 19.7 Å². The highest BCUT2D eigenvalue weighted by atomic mass is 32.2. The number of aromatic nitrogens is 1. The number of amides is 2. The van der Waals surface area contributed by atoms with Gasteiger partial charge in [0, 0.05) is 23.5 Å². The van der Waals surface area contributed by atoms with Crippen LogP contribution in [0, 0.1) is 24.0 Å². The van der Waals surface area contributed by atoms with Crippen molar-refractivity contribution in [1.29, 1.82) is 0 Å². The van der Waals surface area contributed by atoms with Gasteiger partial charge < -0.3 is 4.57 Å². The van der Waals surface area contributed by atoms with Crippen LogP contribution in [0.25, 0.3) is 11.8 Å². The normalized spacial score (nSPS) is 15.3. The molecule has 4 rings (SSSR count). The molecule has 30 heavy (non-hydrogen) atoms. The number of hydrogen-bond acceptors (Lipinski definition) is 5. The molecule has 0 atom stereocenters. The molecule has 0 bridgehead atoms. The summed E-state index contributed by atoms with van der Waals surface area (Å²) in [5, 5.41) is 10.8. The maximum atomic E-state index is 12.8. The number of imide groups is 1. The molecule has 1 aromatic heterocycles. The number of nitrogens with zero attached hydrogens (tertiary/aromatic N) is 3. The highest BCUT2D eigenvalue weighted by Crippen LogP contribution is 2.36. The third-order valence-electron chi connectivity index (χ3n) is 4.86. The van der Waals surface area contributed by atoms with E-state index in [4.69, 9.17) is 0 Å². The molecule has 2 aromatic carbocycles. The number of non-ortho nitro benzene ring substituents is 1. The molecule has 3 aromatic rings. The zero-order valence-corrected chi connectivity index (χ0v) is 17.1. The number of nitro groups is 1. The fraction of sp³-hybridized carbons (Fsp3) is 0.0909. The molecule has 2 heterocycles. The summed E-state index contributed by atoms with van der Waals surface area (Å²) in [6.45, 7) is 3.76. The summed E-state index contributed by atoms with van der Waals surface area (Å²) in [4.78, 5) is 37.5. The molecular formula is C22H17N3O4S. The van der Waals surface area contributed by atoms with E-state index in [1.165, 1.54) is 12.1 Å². The minimum Gasteiger partial charge on any atom is -0.318 e. The van der Waals surface area contributed by atoms with Crippen LogP contribution in [0.2, 0.25) is 0 Å². The standard InChI is InChI=1S/C22H17N3O4S/c1-14-11-16(15(2)23(14)18-9-6-10-19(13-18)25(28)29)12-20-21(26)24(22(27)30-20)17-7-4-3-5-8-17/h3-13H,1-2H3. The van der Waals surface area contributed by atoms with Gasteiger partial charge in [0.1, 0.15) is 0 Å². The monoisotopic (exact) mass is 419 g/mol. The van der Waals surface area contributed by atoms with Gasteiger partial charge in [0.2, 0.25) is 0 Å².